The maximum atomic E-state index is 9.95. The monoisotopic (exact) mass is 301 g/mol. The molecule has 21 heavy (non-hydrogen) atoms. The molecular formula is C18H23NOS. The number of phenolic OH excluding ortho intramolecular Hbond substituents is 1. The first-order chi connectivity index (χ1) is 10.3. The number of benzene rings is 1. The molecule has 0 aliphatic heterocycles. The van der Waals surface area contributed by atoms with Gasteiger partial charge in [-0.25, -0.2) is 0 Å². The normalized spacial score (nSPS) is 17.9. The fraction of sp³-hybridized carbons (Fsp3) is 0.444. The average molecular weight is 301 g/mol. The van der Waals surface area contributed by atoms with Gasteiger partial charge in [0.2, 0.25) is 0 Å². The van der Waals surface area contributed by atoms with Crippen LogP contribution in [0.3, 0.4) is 0 Å². The highest BCUT2D eigenvalue weighted by atomic mass is 32.1. The minimum absolute atomic E-state index is 0.479. The Balaban J connectivity index is 1.65. The predicted octanol–water partition coefficient (Wildman–Crippen LogP) is 3.88. The van der Waals surface area contributed by atoms with Gasteiger partial charge in [-0.05, 0) is 60.9 Å². The van der Waals surface area contributed by atoms with Gasteiger partial charge in [0.15, 0.2) is 0 Å². The lowest BCUT2D eigenvalue weighted by atomic mass is 9.87. The first kappa shape index (κ1) is 14.6. The van der Waals surface area contributed by atoms with E-state index in [2.05, 4.69) is 35.4 Å². The molecule has 0 saturated carbocycles. The minimum atomic E-state index is 0.479. The van der Waals surface area contributed by atoms with Gasteiger partial charge >= 0.3 is 0 Å². The van der Waals surface area contributed by atoms with Gasteiger partial charge in [-0.15, -0.1) is 11.3 Å². The number of hydrogen-bond acceptors (Lipinski definition) is 3. The zero-order chi connectivity index (χ0) is 14.7. The summed E-state index contributed by atoms with van der Waals surface area (Å²) in [5.41, 5.74) is 2.50. The molecule has 0 amide bonds. The Labute approximate surface area is 131 Å². The molecule has 1 aliphatic carbocycles. The molecule has 2 aromatic rings. The van der Waals surface area contributed by atoms with Crippen LogP contribution in [0, 0.1) is 0 Å². The highest BCUT2D eigenvalue weighted by Crippen LogP contribution is 2.30. The standard InChI is InChI=1S/C18H23NOS/c1-2-19(11-10-16-6-4-12-21-16)15-8-9-17-14(13-15)5-3-7-18(17)20/h3-7,12,15,20H,2,8-11,13H2,1H3/t15-/m0/s1. The minimum Gasteiger partial charge on any atom is -0.508 e. The topological polar surface area (TPSA) is 23.5 Å². The van der Waals surface area contributed by atoms with Crippen molar-refractivity contribution in [3.63, 3.8) is 0 Å². The molecule has 3 rings (SSSR count). The Kier molecular flexibility index (Phi) is 4.61. The zero-order valence-electron chi connectivity index (χ0n) is 12.6. The van der Waals surface area contributed by atoms with Crippen LogP contribution in [-0.2, 0) is 19.3 Å². The number of rotatable bonds is 5. The van der Waals surface area contributed by atoms with Crippen molar-refractivity contribution in [3.05, 3.63) is 51.7 Å². The summed E-state index contributed by atoms with van der Waals surface area (Å²) in [6.07, 6.45) is 4.38. The summed E-state index contributed by atoms with van der Waals surface area (Å²) in [4.78, 5) is 4.08. The third-order valence-corrected chi connectivity index (χ3v) is 5.52. The van der Waals surface area contributed by atoms with Crippen LogP contribution in [0.25, 0.3) is 0 Å². The van der Waals surface area contributed by atoms with Crippen LogP contribution in [0.4, 0.5) is 0 Å². The van der Waals surface area contributed by atoms with E-state index < -0.39 is 0 Å². The molecule has 112 valence electrons. The highest BCUT2D eigenvalue weighted by molar-refractivity contribution is 7.09. The Morgan fingerprint density at radius 2 is 2.19 bits per heavy atom. The summed E-state index contributed by atoms with van der Waals surface area (Å²) in [5.74, 6) is 0.479. The van der Waals surface area contributed by atoms with E-state index in [1.807, 2.05) is 23.5 Å². The molecular weight excluding hydrogens is 278 g/mol. The fourth-order valence-electron chi connectivity index (χ4n) is 3.39. The third-order valence-electron chi connectivity index (χ3n) is 4.58. The Morgan fingerprint density at radius 1 is 1.29 bits per heavy atom. The third kappa shape index (κ3) is 3.30. The van der Waals surface area contributed by atoms with Crippen molar-refractivity contribution in [1.82, 2.24) is 4.90 Å². The molecule has 1 N–H and O–H groups in total. The van der Waals surface area contributed by atoms with E-state index in [4.69, 9.17) is 0 Å². The number of thiophene rings is 1. The van der Waals surface area contributed by atoms with Gasteiger partial charge < -0.3 is 5.11 Å². The van der Waals surface area contributed by atoms with Crippen LogP contribution in [0.5, 0.6) is 5.75 Å². The molecule has 1 aromatic carbocycles. The second-order valence-corrected chi connectivity index (χ2v) is 6.80. The largest absolute Gasteiger partial charge is 0.508 e. The molecule has 0 spiro atoms. The van der Waals surface area contributed by atoms with Crippen LogP contribution >= 0.6 is 11.3 Å². The summed E-state index contributed by atoms with van der Waals surface area (Å²) in [6, 6.07) is 10.9. The van der Waals surface area contributed by atoms with Gasteiger partial charge in [-0.3, -0.25) is 4.90 Å². The molecule has 0 radical (unpaired) electrons. The Morgan fingerprint density at radius 3 is 2.95 bits per heavy atom. The van der Waals surface area contributed by atoms with E-state index in [1.165, 1.54) is 16.0 Å². The van der Waals surface area contributed by atoms with Crippen molar-refractivity contribution >= 4 is 11.3 Å². The number of nitrogens with zero attached hydrogens (tertiary/aromatic N) is 1. The summed E-state index contributed by atoms with van der Waals surface area (Å²) >= 11 is 1.85. The van der Waals surface area contributed by atoms with E-state index in [-0.39, 0.29) is 0 Å². The number of aromatic hydroxyl groups is 1. The SMILES string of the molecule is CCN(CCc1cccs1)[C@H]1CCc2c(O)cccc2C1. The molecule has 0 unspecified atom stereocenters. The van der Waals surface area contributed by atoms with E-state index in [0.717, 1.165) is 38.8 Å². The summed E-state index contributed by atoms with van der Waals surface area (Å²) in [5, 5.41) is 12.1. The zero-order valence-corrected chi connectivity index (χ0v) is 13.4. The second-order valence-electron chi connectivity index (χ2n) is 5.77. The van der Waals surface area contributed by atoms with Gasteiger partial charge in [0.1, 0.15) is 5.75 Å². The average Bonchev–Trinajstić information content (AvgIpc) is 3.01. The number of fused-ring (bicyclic) bond motifs is 1. The Bertz CT molecular complexity index is 579. The van der Waals surface area contributed by atoms with Crippen LogP contribution in [0.1, 0.15) is 29.3 Å². The van der Waals surface area contributed by atoms with Crippen LogP contribution in [-0.4, -0.2) is 29.1 Å². The quantitative estimate of drug-likeness (QED) is 0.906. The van der Waals surface area contributed by atoms with Gasteiger partial charge in [0.25, 0.3) is 0 Å². The van der Waals surface area contributed by atoms with E-state index in [1.54, 1.807) is 0 Å². The second kappa shape index (κ2) is 6.63. The first-order valence-corrected chi connectivity index (χ1v) is 8.72. The summed E-state index contributed by atoms with van der Waals surface area (Å²) < 4.78 is 0. The first-order valence-electron chi connectivity index (χ1n) is 7.84. The van der Waals surface area contributed by atoms with E-state index >= 15 is 0 Å². The van der Waals surface area contributed by atoms with Crippen molar-refractivity contribution in [1.29, 1.82) is 0 Å². The molecule has 0 fully saturated rings. The number of hydrogen-bond donors (Lipinski definition) is 1. The maximum absolute atomic E-state index is 9.95. The molecule has 2 nitrogen and oxygen atoms in total. The molecule has 0 saturated heterocycles. The lowest BCUT2D eigenvalue weighted by Gasteiger charge is -2.34. The van der Waals surface area contributed by atoms with Crippen molar-refractivity contribution in [2.45, 2.75) is 38.6 Å². The molecule has 1 aromatic heterocycles. The van der Waals surface area contributed by atoms with Gasteiger partial charge in [-0.2, -0.15) is 0 Å². The maximum Gasteiger partial charge on any atom is 0.119 e. The summed E-state index contributed by atoms with van der Waals surface area (Å²) in [6.45, 7) is 4.49. The molecule has 1 heterocycles. The molecule has 3 heteroatoms. The molecule has 1 atom stereocenters. The van der Waals surface area contributed by atoms with Crippen LogP contribution < -0.4 is 0 Å². The fourth-order valence-corrected chi connectivity index (χ4v) is 4.09. The molecule has 0 bridgehead atoms. The van der Waals surface area contributed by atoms with E-state index in [0.29, 0.717) is 11.8 Å². The smallest absolute Gasteiger partial charge is 0.119 e. The lowest BCUT2D eigenvalue weighted by molar-refractivity contribution is 0.191. The van der Waals surface area contributed by atoms with Gasteiger partial charge in [0, 0.05) is 17.5 Å². The van der Waals surface area contributed by atoms with Crippen molar-refractivity contribution in [3.8, 4) is 5.75 Å². The molecule has 1 aliphatic rings. The number of likely N-dealkylation sites (N-methyl/N-ethyl adjacent to an activating group) is 1. The van der Waals surface area contributed by atoms with Crippen molar-refractivity contribution in [2.75, 3.05) is 13.1 Å². The van der Waals surface area contributed by atoms with Crippen molar-refractivity contribution < 1.29 is 5.11 Å². The Hall–Kier alpha value is -1.32. The van der Waals surface area contributed by atoms with Gasteiger partial charge in [-0.1, -0.05) is 25.1 Å². The highest BCUT2D eigenvalue weighted by Gasteiger charge is 2.24. The van der Waals surface area contributed by atoms with Crippen LogP contribution in [0.15, 0.2) is 35.7 Å². The summed E-state index contributed by atoms with van der Waals surface area (Å²) in [7, 11) is 0. The van der Waals surface area contributed by atoms with Crippen molar-refractivity contribution in [2.24, 2.45) is 0 Å². The number of phenols is 1. The van der Waals surface area contributed by atoms with E-state index in [9.17, 15) is 5.11 Å². The van der Waals surface area contributed by atoms with Gasteiger partial charge in [0.05, 0.1) is 0 Å². The van der Waals surface area contributed by atoms with Crippen LogP contribution in [0.2, 0.25) is 0 Å². The predicted molar refractivity (Wildman–Crippen MR) is 89.2 cm³/mol. The lowest BCUT2D eigenvalue weighted by Crippen LogP contribution is -2.40.